The van der Waals surface area contributed by atoms with E-state index in [1.807, 2.05) is 31.2 Å². The van der Waals surface area contributed by atoms with E-state index in [1.165, 1.54) is 32.4 Å². The number of fused-ring (bicyclic) bond motifs is 4. The van der Waals surface area contributed by atoms with E-state index >= 15 is 0 Å². The van der Waals surface area contributed by atoms with Gasteiger partial charge in [-0.2, -0.15) is 0 Å². The van der Waals surface area contributed by atoms with Crippen LogP contribution in [0.25, 0.3) is 11.0 Å². The molecular formula is C18H20N2O2. The van der Waals surface area contributed by atoms with Crippen LogP contribution in [0.2, 0.25) is 0 Å². The summed E-state index contributed by atoms with van der Waals surface area (Å²) in [5.41, 5.74) is 1.88. The number of carbonyl (C=O) groups is 1. The molecule has 114 valence electrons. The SMILES string of the molecule is Cc1cc2cc(C(=O)N[C@@H]3C4CCN(C4)C34CC4)ccc2o1. The number of benzene rings is 1. The Hall–Kier alpha value is -1.81. The van der Waals surface area contributed by atoms with E-state index in [2.05, 4.69) is 10.2 Å². The molecule has 4 heteroatoms. The zero-order valence-corrected chi connectivity index (χ0v) is 12.8. The van der Waals surface area contributed by atoms with E-state index in [4.69, 9.17) is 4.42 Å². The molecule has 1 amide bonds. The van der Waals surface area contributed by atoms with E-state index in [0.29, 0.717) is 17.5 Å². The maximum absolute atomic E-state index is 12.7. The molecule has 1 aromatic heterocycles. The molecule has 2 bridgehead atoms. The number of hydrogen-bond donors (Lipinski definition) is 1. The average Bonchev–Trinajstić information content (AvgIpc) is 2.89. The quantitative estimate of drug-likeness (QED) is 0.927. The first kappa shape index (κ1) is 12.7. The zero-order chi connectivity index (χ0) is 14.9. The first-order valence-corrected chi connectivity index (χ1v) is 8.22. The zero-order valence-electron chi connectivity index (χ0n) is 12.8. The molecule has 1 spiro atoms. The first-order valence-electron chi connectivity index (χ1n) is 8.22. The van der Waals surface area contributed by atoms with Gasteiger partial charge in [0.2, 0.25) is 0 Å². The number of nitrogens with zero attached hydrogens (tertiary/aromatic N) is 1. The molecule has 1 aromatic carbocycles. The van der Waals surface area contributed by atoms with Crippen molar-refractivity contribution in [3.05, 3.63) is 35.6 Å². The lowest BCUT2D eigenvalue weighted by atomic mass is 9.91. The fraction of sp³-hybridized carbons (Fsp3) is 0.500. The number of furan rings is 1. The van der Waals surface area contributed by atoms with Crippen molar-refractivity contribution < 1.29 is 9.21 Å². The summed E-state index contributed by atoms with van der Waals surface area (Å²) < 4.78 is 5.58. The van der Waals surface area contributed by atoms with Crippen LogP contribution in [-0.4, -0.2) is 35.5 Å². The van der Waals surface area contributed by atoms with Crippen molar-refractivity contribution in [1.29, 1.82) is 0 Å². The fourth-order valence-electron chi connectivity index (χ4n) is 4.65. The van der Waals surface area contributed by atoms with Crippen LogP contribution >= 0.6 is 0 Å². The van der Waals surface area contributed by atoms with Gasteiger partial charge in [0, 0.05) is 23.0 Å². The Kier molecular flexibility index (Phi) is 2.39. The van der Waals surface area contributed by atoms with Gasteiger partial charge in [0.1, 0.15) is 11.3 Å². The van der Waals surface area contributed by atoms with E-state index in [-0.39, 0.29) is 5.91 Å². The highest BCUT2D eigenvalue weighted by Crippen LogP contribution is 2.55. The summed E-state index contributed by atoms with van der Waals surface area (Å²) in [6.07, 6.45) is 3.72. The molecule has 3 heterocycles. The van der Waals surface area contributed by atoms with Gasteiger partial charge in [-0.3, -0.25) is 9.69 Å². The largest absolute Gasteiger partial charge is 0.461 e. The molecule has 1 aliphatic carbocycles. The molecule has 22 heavy (non-hydrogen) atoms. The van der Waals surface area contributed by atoms with Crippen LogP contribution in [0.4, 0.5) is 0 Å². The highest BCUT2D eigenvalue weighted by Gasteiger charge is 2.63. The van der Waals surface area contributed by atoms with Crippen molar-refractivity contribution in [3.63, 3.8) is 0 Å². The lowest BCUT2D eigenvalue weighted by Gasteiger charge is -2.33. The fourth-order valence-corrected chi connectivity index (χ4v) is 4.65. The van der Waals surface area contributed by atoms with Crippen LogP contribution in [0.15, 0.2) is 28.7 Å². The maximum atomic E-state index is 12.7. The second-order valence-electron chi connectivity index (χ2n) is 7.16. The molecule has 4 nitrogen and oxygen atoms in total. The van der Waals surface area contributed by atoms with Gasteiger partial charge in [-0.1, -0.05) is 0 Å². The van der Waals surface area contributed by atoms with E-state index < -0.39 is 0 Å². The predicted octanol–water partition coefficient (Wildman–Crippen LogP) is 2.71. The molecule has 5 rings (SSSR count). The summed E-state index contributed by atoms with van der Waals surface area (Å²) in [6.45, 7) is 4.32. The Balaban J connectivity index is 1.42. The highest BCUT2D eigenvalue weighted by atomic mass is 16.3. The molecular weight excluding hydrogens is 276 g/mol. The number of hydrogen-bond acceptors (Lipinski definition) is 3. The minimum atomic E-state index is 0.0609. The molecule has 3 fully saturated rings. The van der Waals surface area contributed by atoms with Gasteiger partial charge in [0.15, 0.2) is 0 Å². The molecule has 0 radical (unpaired) electrons. The normalized spacial score (nSPS) is 31.0. The van der Waals surface area contributed by atoms with Crippen LogP contribution in [-0.2, 0) is 0 Å². The van der Waals surface area contributed by atoms with Gasteiger partial charge in [-0.15, -0.1) is 0 Å². The third-order valence-corrected chi connectivity index (χ3v) is 5.86. The monoisotopic (exact) mass is 296 g/mol. The summed E-state index contributed by atoms with van der Waals surface area (Å²) in [7, 11) is 0. The Labute approximate surface area is 129 Å². The number of amides is 1. The van der Waals surface area contributed by atoms with Gasteiger partial charge in [0.25, 0.3) is 5.91 Å². The molecule has 2 aromatic rings. The average molecular weight is 296 g/mol. The van der Waals surface area contributed by atoms with Crippen LogP contribution in [0.1, 0.15) is 35.4 Å². The second kappa shape index (κ2) is 4.13. The molecule has 2 aliphatic heterocycles. The third-order valence-electron chi connectivity index (χ3n) is 5.86. The van der Waals surface area contributed by atoms with Gasteiger partial charge >= 0.3 is 0 Å². The van der Waals surface area contributed by atoms with Crippen molar-refractivity contribution >= 4 is 16.9 Å². The number of nitrogens with one attached hydrogen (secondary N) is 1. The summed E-state index contributed by atoms with van der Waals surface area (Å²) in [6, 6.07) is 8.03. The molecule has 2 saturated heterocycles. The molecule has 3 atom stereocenters. The molecule has 2 unspecified atom stereocenters. The van der Waals surface area contributed by atoms with E-state index in [9.17, 15) is 4.79 Å². The smallest absolute Gasteiger partial charge is 0.251 e. The Morgan fingerprint density at radius 2 is 2.23 bits per heavy atom. The summed E-state index contributed by atoms with van der Waals surface area (Å²) in [5, 5.41) is 4.34. The molecule has 1 saturated carbocycles. The van der Waals surface area contributed by atoms with Gasteiger partial charge in [0.05, 0.1) is 6.04 Å². The second-order valence-corrected chi connectivity index (χ2v) is 7.16. The Bertz CT molecular complexity index is 774. The maximum Gasteiger partial charge on any atom is 0.251 e. The minimum Gasteiger partial charge on any atom is -0.461 e. The predicted molar refractivity (Wildman–Crippen MR) is 83.9 cm³/mol. The number of piperidine rings is 1. The molecule has 1 N–H and O–H groups in total. The number of carbonyl (C=O) groups excluding carboxylic acids is 1. The van der Waals surface area contributed by atoms with Crippen molar-refractivity contribution in [3.8, 4) is 0 Å². The summed E-state index contributed by atoms with van der Waals surface area (Å²) in [4.78, 5) is 15.3. The first-order chi connectivity index (χ1) is 10.7. The highest BCUT2D eigenvalue weighted by molar-refractivity contribution is 5.98. The third kappa shape index (κ3) is 1.64. The summed E-state index contributed by atoms with van der Waals surface area (Å²) in [5.74, 6) is 1.59. The van der Waals surface area contributed by atoms with E-state index in [1.54, 1.807) is 0 Å². The van der Waals surface area contributed by atoms with Gasteiger partial charge in [-0.25, -0.2) is 0 Å². The molecule has 3 aliphatic rings. The van der Waals surface area contributed by atoms with Crippen molar-refractivity contribution in [2.24, 2.45) is 5.92 Å². The summed E-state index contributed by atoms with van der Waals surface area (Å²) >= 11 is 0. The lowest BCUT2D eigenvalue weighted by Crippen LogP contribution is -2.51. The Morgan fingerprint density at radius 3 is 3.05 bits per heavy atom. The van der Waals surface area contributed by atoms with Crippen LogP contribution in [0, 0.1) is 12.8 Å². The van der Waals surface area contributed by atoms with Crippen LogP contribution in [0.5, 0.6) is 0 Å². The van der Waals surface area contributed by atoms with E-state index in [0.717, 1.165) is 22.3 Å². The van der Waals surface area contributed by atoms with Crippen molar-refractivity contribution in [1.82, 2.24) is 10.2 Å². The minimum absolute atomic E-state index is 0.0609. The topological polar surface area (TPSA) is 45.5 Å². The van der Waals surface area contributed by atoms with Gasteiger partial charge in [-0.05, 0) is 62.9 Å². The van der Waals surface area contributed by atoms with Crippen molar-refractivity contribution in [2.75, 3.05) is 13.1 Å². The standard InChI is InChI=1S/C18H20N2O2/c1-11-8-14-9-12(2-3-15(14)22-11)17(21)19-16-13-4-7-20(10-13)18(16)5-6-18/h2-3,8-9,13,16H,4-7,10H2,1H3,(H,19,21)/t13?,16-/m1/s1. The van der Waals surface area contributed by atoms with Crippen LogP contribution in [0.3, 0.4) is 0 Å². The number of aryl methyl sites for hydroxylation is 1. The van der Waals surface area contributed by atoms with Crippen molar-refractivity contribution in [2.45, 2.75) is 37.8 Å². The van der Waals surface area contributed by atoms with Gasteiger partial charge < -0.3 is 9.73 Å². The number of rotatable bonds is 2. The lowest BCUT2D eigenvalue weighted by molar-refractivity contribution is 0.0892. The van der Waals surface area contributed by atoms with Crippen LogP contribution < -0.4 is 5.32 Å². The Morgan fingerprint density at radius 1 is 1.36 bits per heavy atom.